The van der Waals surface area contributed by atoms with Crippen molar-refractivity contribution < 1.29 is 0 Å². The number of hydrogen-bond acceptors (Lipinski definition) is 0. The number of rotatable bonds is 3. The molecular weight excluding hydrogens is 180 g/mol. The molecular formula is C15H16. The average Bonchev–Trinajstić information content (AvgIpc) is 2.25. The summed E-state index contributed by atoms with van der Waals surface area (Å²) in [7, 11) is 0. The van der Waals surface area contributed by atoms with E-state index in [-0.39, 0.29) is 0 Å². The standard InChI is InChI=1S/C15H16/c1-3-4-5-6-7-8-12-15-13-10-9-11-14(15)2/h3-13H,2H2,1H3/b4-3-,6-5-,8-7+,15-12-. The molecule has 0 aromatic heterocycles. The van der Waals surface area contributed by atoms with E-state index in [1.165, 1.54) is 0 Å². The summed E-state index contributed by atoms with van der Waals surface area (Å²) < 4.78 is 0. The molecule has 0 saturated heterocycles. The van der Waals surface area contributed by atoms with E-state index in [0.29, 0.717) is 0 Å². The lowest BCUT2D eigenvalue weighted by atomic mass is 10.2. The van der Waals surface area contributed by atoms with Crippen LogP contribution < -0.4 is 10.4 Å². The Morgan fingerprint density at radius 1 is 0.933 bits per heavy atom. The minimum atomic E-state index is 1.06. The third kappa shape index (κ3) is 4.28. The Labute approximate surface area is 91.3 Å². The van der Waals surface area contributed by atoms with Gasteiger partial charge in [-0.1, -0.05) is 73.4 Å². The Hall–Kier alpha value is -1.82. The largest absolute Gasteiger partial charge is 0.0912 e. The predicted molar refractivity (Wildman–Crippen MR) is 68.8 cm³/mol. The van der Waals surface area contributed by atoms with Crippen LogP contribution in [-0.4, -0.2) is 0 Å². The summed E-state index contributed by atoms with van der Waals surface area (Å²) in [5.74, 6) is 0. The zero-order chi connectivity index (χ0) is 10.9. The molecule has 0 amide bonds. The van der Waals surface area contributed by atoms with E-state index in [0.717, 1.165) is 10.4 Å². The van der Waals surface area contributed by atoms with Gasteiger partial charge in [-0.3, -0.25) is 0 Å². The topological polar surface area (TPSA) is 0 Å². The summed E-state index contributed by atoms with van der Waals surface area (Å²) in [6, 6.07) is 8.08. The average molecular weight is 196 g/mol. The number of benzene rings is 1. The summed E-state index contributed by atoms with van der Waals surface area (Å²) in [5, 5.41) is 2.22. The second kappa shape index (κ2) is 6.61. The van der Waals surface area contributed by atoms with Gasteiger partial charge in [-0.2, -0.15) is 0 Å². The second-order valence-electron chi connectivity index (χ2n) is 3.16. The Kier molecular flexibility index (Phi) is 4.96. The summed E-state index contributed by atoms with van der Waals surface area (Å²) in [5.41, 5.74) is 0. The van der Waals surface area contributed by atoms with E-state index in [1.807, 2.05) is 61.6 Å². The van der Waals surface area contributed by atoms with Crippen LogP contribution in [0, 0.1) is 0 Å². The molecule has 76 valence electrons. The minimum Gasteiger partial charge on any atom is -0.0912 e. The molecule has 0 aliphatic heterocycles. The maximum atomic E-state index is 3.95. The quantitative estimate of drug-likeness (QED) is 0.652. The molecule has 15 heavy (non-hydrogen) atoms. The summed E-state index contributed by atoms with van der Waals surface area (Å²) in [4.78, 5) is 0. The first-order chi connectivity index (χ1) is 7.34. The first-order valence-electron chi connectivity index (χ1n) is 5.05. The van der Waals surface area contributed by atoms with Crippen LogP contribution in [0.3, 0.4) is 0 Å². The SMILES string of the molecule is C=c1cccc/c1=C/C=C/C=C\C=C/C. The smallest absolute Gasteiger partial charge is 0.0190 e. The highest BCUT2D eigenvalue weighted by Gasteiger charge is 1.76. The zero-order valence-electron chi connectivity index (χ0n) is 9.06. The molecule has 0 bridgehead atoms. The van der Waals surface area contributed by atoms with Gasteiger partial charge in [0.2, 0.25) is 0 Å². The molecule has 0 unspecified atom stereocenters. The molecule has 1 aromatic carbocycles. The van der Waals surface area contributed by atoms with E-state index in [1.54, 1.807) is 0 Å². The summed E-state index contributed by atoms with van der Waals surface area (Å²) >= 11 is 0. The lowest BCUT2D eigenvalue weighted by Gasteiger charge is -1.84. The van der Waals surface area contributed by atoms with Crippen molar-refractivity contribution in [3.05, 3.63) is 71.2 Å². The van der Waals surface area contributed by atoms with E-state index in [4.69, 9.17) is 0 Å². The Bertz CT molecular complexity index is 473. The van der Waals surface area contributed by atoms with Crippen molar-refractivity contribution in [2.75, 3.05) is 0 Å². The highest BCUT2D eigenvalue weighted by atomic mass is 13.8. The predicted octanol–water partition coefficient (Wildman–Crippen LogP) is 2.57. The molecule has 1 rings (SSSR count). The lowest BCUT2D eigenvalue weighted by molar-refractivity contribution is 1.53. The van der Waals surface area contributed by atoms with Gasteiger partial charge in [0.15, 0.2) is 0 Å². The van der Waals surface area contributed by atoms with Crippen molar-refractivity contribution >= 4 is 12.7 Å². The van der Waals surface area contributed by atoms with Crippen molar-refractivity contribution in [1.29, 1.82) is 0 Å². The Balaban J connectivity index is 2.74. The third-order valence-corrected chi connectivity index (χ3v) is 1.97. The van der Waals surface area contributed by atoms with Gasteiger partial charge < -0.3 is 0 Å². The first-order valence-corrected chi connectivity index (χ1v) is 5.05. The molecule has 0 N–H and O–H groups in total. The zero-order valence-corrected chi connectivity index (χ0v) is 9.06. The highest BCUT2D eigenvalue weighted by Crippen LogP contribution is 1.80. The molecule has 0 heterocycles. The normalized spacial score (nSPS) is 13.5. The lowest BCUT2D eigenvalue weighted by Crippen LogP contribution is -2.21. The number of allylic oxidation sites excluding steroid dienone is 6. The molecule has 0 heteroatoms. The van der Waals surface area contributed by atoms with Crippen LogP contribution in [0.1, 0.15) is 6.92 Å². The molecule has 0 saturated carbocycles. The fourth-order valence-electron chi connectivity index (χ4n) is 1.16. The van der Waals surface area contributed by atoms with Crippen LogP contribution in [0.4, 0.5) is 0 Å². The Morgan fingerprint density at radius 2 is 1.60 bits per heavy atom. The maximum Gasteiger partial charge on any atom is -0.0190 e. The third-order valence-electron chi connectivity index (χ3n) is 1.97. The minimum absolute atomic E-state index is 1.06. The van der Waals surface area contributed by atoms with Crippen molar-refractivity contribution in [1.82, 2.24) is 0 Å². The van der Waals surface area contributed by atoms with Gasteiger partial charge in [0, 0.05) is 0 Å². The van der Waals surface area contributed by atoms with E-state index in [2.05, 4.69) is 18.7 Å². The van der Waals surface area contributed by atoms with E-state index >= 15 is 0 Å². The van der Waals surface area contributed by atoms with Gasteiger partial charge in [0.1, 0.15) is 0 Å². The summed E-state index contributed by atoms with van der Waals surface area (Å²) in [6.45, 7) is 5.95. The molecule has 0 aliphatic rings. The monoisotopic (exact) mass is 196 g/mol. The van der Waals surface area contributed by atoms with E-state index in [9.17, 15) is 0 Å². The van der Waals surface area contributed by atoms with Crippen LogP contribution >= 0.6 is 0 Å². The van der Waals surface area contributed by atoms with Gasteiger partial charge in [-0.15, -0.1) is 0 Å². The molecule has 0 radical (unpaired) electrons. The Morgan fingerprint density at radius 3 is 2.33 bits per heavy atom. The molecule has 0 nitrogen and oxygen atoms in total. The fourth-order valence-corrected chi connectivity index (χ4v) is 1.16. The number of hydrogen-bond donors (Lipinski definition) is 0. The van der Waals surface area contributed by atoms with Crippen LogP contribution in [0.25, 0.3) is 12.7 Å². The van der Waals surface area contributed by atoms with Gasteiger partial charge in [-0.05, 0) is 17.4 Å². The van der Waals surface area contributed by atoms with E-state index < -0.39 is 0 Å². The highest BCUT2D eigenvalue weighted by molar-refractivity contribution is 5.39. The van der Waals surface area contributed by atoms with Gasteiger partial charge in [0.25, 0.3) is 0 Å². The maximum absolute atomic E-state index is 3.95. The molecule has 0 atom stereocenters. The van der Waals surface area contributed by atoms with Crippen LogP contribution in [0.5, 0.6) is 0 Å². The summed E-state index contributed by atoms with van der Waals surface area (Å²) in [6.07, 6.45) is 14.1. The van der Waals surface area contributed by atoms with Gasteiger partial charge in [-0.25, -0.2) is 0 Å². The first kappa shape index (κ1) is 11.3. The fraction of sp³-hybridized carbons (Fsp3) is 0.0667. The molecule has 0 fully saturated rings. The second-order valence-corrected chi connectivity index (χ2v) is 3.16. The van der Waals surface area contributed by atoms with Crippen molar-refractivity contribution in [2.45, 2.75) is 6.92 Å². The van der Waals surface area contributed by atoms with Crippen molar-refractivity contribution in [3.63, 3.8) is 0 Å². The van der Waals surface area contributed by atoms with Crippen molar-refractivity contribution in [3.8, 4) is 0 Å². The van der Waals surface area contributed by atoms with Crippen LogP contribution in [0.15, 0.2) is 60.7 Å². The van der Waals surface area contributed by atoms with Crippen LogP contribution in [-0.2, 0) is 0 Å². The molecule has 0 aliphatic carbocycles. The molecule has 1 aromatic rings. The van der Waals surface area contributed by atoms with Gasteiger partial charge >= 0.3 is 0 Å². The van der Waals surface area contributed by atoms with Crippen LogP contribution in [0.2, 0.25) is 0 Å². The van der Waals surface area contributed by atoms with Gasteiger partial charge in [0.05, 0.1) is 0 Å². The van der Waals surface area contributed by atoms with Crippen molar-refractivity contribution in [2.24, 2.45) is 0 Å². The molecule has 0 spiro atoms.